The van der Waals surface area contributed by atoms with Crippen LogP contribution in [0.3, 0.4) is 0 Å². The van der Waals surface area contributed by atoms with E-state index < -0.39 is 10.0 Å². The third kappa shape index (κ3) is 4.09. The van der Waals surface area contributed by atoms with Crippen molar-refractivity contribution in [2.45, 2.75) is 43.4 Å². The molecule has 2 aliphatic rings. The van der Waals surface area contributed by atoms with Crippen LogP contribution >= 0.6 is 0 Å². The van der Waals surface area contributed by atoms with Crippen LogP contribution < -0.4 is 10.2 Å². The third-order valence-electron chi connectivity index (χ3n) is 6.04. The van der Waals surface area contributed by atoms with Crippen molar-refractivity contribution in [2.75, 3.05) is 37.4 Å². The smallest absolute Gasteiger partial charge is 0.257 e. The number of anilines is 2. The summed E-state index contributed by atoms with van der Waals surface area (Å²) in [6.07, 6.45) is 6.60. The SMILES string of the molecule is CN(C)S(=O)(=O)c1ccc(N2CCCCC2)c(C(=O)Nc2ccc3c(c2)CCC3)c1. The molecule has 4 rings (SSSR count). The van der Waals surface area contributed by atoms with Crippen molar-refractivity contribution >= 4 is 27.3 Å². The first kappa shape index (κ1) is 20.9. The maximum absolute atomic E-state index is 13.3. The Morgan fingerprint density at radius 2 is 1.67 bits per heavy atom. The monoisotopic (exact) mass is 427 g/mol. The van der Waals surface area contributed by atoms with Crippen LogP contribution in [-0.2, 0) is 22.9 Å². The van der Waals surface area contributed by atoms with E-state index in [1.165, 1.54) is 42.0 Å². The Kier molecular flexibility index (Phi) is 5.84. The minimum absolute atomic E-state index is 0.132. The van der Waals surface area contributed by atoms with Gasteiger partial charge in [0.15, 0.2) is 0 Å². The van der Waals surface area contributed by atoms with E-state index >= 15 is 0 Å². The van der Waals surface area contributed by atoms with Crippen LogP contribution in [0.25, 0.3) is 0 Å². The van der Waals surface area contributed by atoms with Gasteiger partial charge < -0.3 is 10.2 Å². The fourth-order valence-electron chi connectivity index (χ4n) is 4.33. The van der Waals surface area contributed by atoms with E-state index in [0.717, 1.165) is 56.6 Å². The summed E-state index contributed by atoms with van der Waals surface area (Å²) in [5.41, 5.74) is 4.59. The number of rotatable bonds is 5. The third-order valence-corrected chi connectivity index (χ3v) is 7.86. The minimum atomic E-state index is -3.63. The molecule has 160 valence electrons. The molecule has 1 aliphatic carbocycles. The number of amides is 1. The molecule has 1 saturated heterocycles. The molecule has 2 aromatic rings. The van der Waals surface area contributed by atoms with Crippen LogP contribution in [0.15, 0.2) is 41.3 Å². The molecule has 0 bridgehead atoms. The predicted octanol–water partition coefficient (Wildman–Crippen LogP) is 3.67. The van der Waals surface area contributed by atoms with E-state index in [0.29, 0.717) is 5.56 Å². The Labute approximate surface area is 178 Å². The fourth-order valence-corrected chi connectivity index (χ4v) is 5.26. The Morgan fingerprint density at radius 1 is 0.933 bits per heavy atom. The van der Waals surface area contributed by atoms with Crippen molar-refractivity contribution in [1.29, 1.82) is 0 Å². The molecule has 0 atom stereocenters. The molecule has 30 heavy (non-hydrogen) atoms. The second-order valence-corrected chi connectivity index (χ2v) is 10.5. The summed E-state index contributed by atoms with van der Waals surface area (Å²) in [5, 5.41) is 3.00. The summed E-state index contributed by atoms with van der Waals surface area (Å²) in [4.78, 5) is 15.6. The van der Waals surface area contributed by atoms with Crippen LogP contribution in [-0.4, -0.2) is 45.8 Å². The molecule has 0 aromatic heterocycles. The number of carbonyl (C=O) groups is 1. The summed E-state index contributed by atoms with van der Waals surface area (Å²) in [6.45, 7) is 1.75. The molecule has 1 fully saturated rings. The number of nitrogens with zero attached hydrogens (tertiary/aromatic N) is 2. The van der Waals surface area contributed by atoms with Crippen LogP contribution in [0.4, 0.5) is 11.4 Å². The topological polar surface area (TPSA) is 69.7 Å². The lowest BCUT2D eigenvalue weighted by Crippen LogP contribution is -2.32. The summed E-state index contributed by atoms with van der Waals surface area (Å²) in [6, 6.07) is 11.0. The first-order valence-electron chi connectivity index (χ1n) is 10.6. The highest BCUT2D eigenvalue weighted by Crippen LogP contribution is 2.30. The Hall–Kier alpha value is -2.38. The largest absolute Gasteiger partial charge is 0.371 e. The lowest BCUT2D eigenvalue weighted by molar-refractivity contribution is 0.102. The zero-order chi connectivity index (χ0) is 21.3. The van der Waals surface area contributed by atoms with Crippen molar-refractivity contribution in [3.8, 4) is 0 Å². The molecule has 0 unspecified atom stereocenters. The van der Waals surface area contributed by atoms with E-state index in [1.807, 2.05) is 12.1 Å². The van der Waals surface area contributed by atoms with Crippen LogP contribution in [0.5, 0.6) is 0 Å². The molecule has 1 aliphatic heterocycles. The van der Waals surface area contributed by atoms with Crippen molar-refractivity contribution in [2.24, 2.45) is 0 Å². The molecular formula is C23H29N3O3S. The maximum atomic E-state index is 13.3. The number of carbonyl (C=O) groups excluding carboxylic acids is 1. The number of piperidine rings is 1. The van der Waals surface area contributed by atoms with Crippen LogP contribution in [0.2, 0.25) is 0 Å². The van der Waals surface area contributed by atoms with Gasteiger partial charge in [-0.25, -0.2) is 12.7 Å². The van der Waals surface area contributed by atoms with Gasteiger partial charge in [0.05, 0.1) is 10.5 Å². The normalized spacial score (nSPS) is 16.6. The number of hydrogen-bond donors (Lipinski definition) is 1. The van der Waals surface area contributed by atoms with Gasteiger partial charge in [0, 0.05) is 38.6 Å². The van der Waals surface area contributed by atoms with Gasteiger partial charge in [-0.2, -0.15) is 0 Å². The number of hydrogen-bond acceptors (Lipinski definition) is 4. The van der Waals surface area contributed by atoms with Gasteiger partial charge in [0.1, 0.15) is 0 Å². The standard InChI is InChI=1S/C23H29N3O3S/c1-25(2)30(28,29)20-11-12-22(26-13-4-3-5-14-26)21(16-20)23(27)24-19-10-9-17-7-6-8-18(17)15-19/h9-12,15-16H,3-8,13-14H2,1-2H3,(H,24,27). The number of sulfonamides is 1. The van der Waals surface area contributed by atoms with Gasteiger partial charge in [0.2, 0.25) is 10.0 Å². The van der Waals surface area contributed by atoms with Crippen molar-refractivity contribution in [1.82, 2.24) is 4.31 Å². The number of aryl methyl sites for hydroxylation is 2. The second-order valence-electron chi connectivity index (χ2n) is 8.31. The second kappa shape index (κ2) is 8.40. The Morgan fingerprint density at radius 3 is 2.40 bits per heavy atom. The first-order valence-corrected chi connectivity index (χ1v) is 12.0. The lowest BCUT2D eigenvalue weighted by atomic mass is 10.1. The molecule has 0 spiro atoms. The van der Waals surface area contributed by atoms with Crippen molar-refractivity contribution in [3.63, 3.8) is 0 Å². The first-order chi connectivity index (χ1) is 14.4. The summed E-state index contributed by atoms with van der Waals surface area (Å²) in [7, 11) is -0.630. The maximum Gasteiger partial charge on any atom is 0.257 e. The minimum Gasteiger partial charge on any atom is -0.371 e. The summed E-state index contributed by atoms with van der Waals surface area (Å²) >= 11 is 0. The van der Waals surface area contributed by atoms with Crippen molar-refractivity contribution in [3.05, 3.63) is 53.1 Å². The molecule has 1 amide bonds. The molecule has 2 aromatic carbocycles. The Balaban J connectivity index is 1.70. The lowest BCUT2D eigenvalue weighted by Gasteiger charge is -2.30. The molecule has 0 saturated carbocycles. The van der Waals surface area contributed by atoms with Gasteiger partial charge in [-0.15, -0.1) is 0 Å². The van der Waals surface area contributed by atoms with E-state index in [2.05, 4.69) is 16.3 Å². The molecule has 6 nitrogen and oxygen atoms in total. The zero-order valence-corrected chi connectivity index (χ0v) is 18.5. The number of nitrogens with one attached hydrogen (secondary N) is 1. The van der Waals surface area contributed by atoms with Crippen LogP contribution in [0, 0.1) is 0 Å². The van der Waals surface area contributed by atoms with Gasteiger partial charge in [-0.1, -0.05) is 6.07 Å². The molecule has 7 heteroatoms. The number of fused-ring (bicyclic) bond motifs is 1. The van der Waals surface area contributed by atoms with Crippen LogP contribution in [0.1, 0.15) is 47.2 Å². The average Bonchev–Trinajstić information content (AvgIpc) is 3.21. The van der Waals surface area contributed by atoms with Gasteiger partial charge >= 0.3 is 0 Å². The van der Waals surface area contributed by atoms with E-state index in [1.54, 1.807) is 12.1 Å². The van der Waals surface area contributed by atoms with Gasteiger partial charge in [0.25, 0.3) is 5.91 Å². The molecule has 0 radical (unpaired) electrons. The van der Waals surface area contributed by atoms with Gasteiger partial charge in [-0.3, -0.25) is 4.79 Å². The number of benzene rings is 2. The molecule has 1 heterocycles. The quantitative estimate of drug-likeness (QED) is 0.791. The van der Waals surface area contributed by atoms with E-state index in [-0.39, 0.29) is 10.8 Å². The Bertz CT molecular complexity index is 1060. The van der Waals surface area contributed by atoms with Gasteiger partial charge in [-0.05, 0) is 80.0 Å². The fraction of sp³-hybridized carbons (Fsp3) is 0.435. The predicted molar refractivity (Wildman–Crippen MR) is 120 cm³/mol. The van der Waals surface area contributed by atoms with Crippen molar-refractivity contribution < 1.29 is 13.2 Å². The zero-order valence-electron chi connectivity index (χ0n) is 17.6. The highest BCUT2D eigenvalue weighted by molar-refractivity contribution is 7.89. The highest BCUT2D eigenvalue weighted by atomic mass is 32.2. The summed E-state index contributed by atoms with van der Waals surface area (Å²) < 4.78 is 26.5. The highest BCUT2D eigenvalue weighted by Gasteiger charge is 2.24. The average molecular weight is 428 g/mol. The summed E-state index contributed by atoms with van der Waals surface area (Å²) in [5.74, 6) is -0.274. The molecular weight excluding hydrogens is 398 g/mol. The van der Waals surface area contributed by atoms with E-state index in [9.17, 15) is 13.2 Å². The molecule has 1 N–H and O–H groups in total. The van der Waals surface area contributed by atoms with E-state index in [4.69, 9.17) is 0 Å².